The number of hydrogen-bond donors (Lipinski definition) is 2. The molecular weight excluding hydrogens is 228 g/mol. The van der Waals surface area contributed by atoms with Gasteiger partial charge in [-0.3, -0.25) is 4.79 Å². The molecule has 1 aromatic carbocycles. The molecule has 1 fully saturated rings. The Morgan fingerprint density at radius 1 is 1.50 bits per heavy atom. The number of aliphatic hydroxyl groups excluding tert-OH is 1. The number of rotatable bonds is 3. The lowest BCUT2D eigenvalue weighted by Gasteiger charge is -2.34. The molecule has 1 amide bonds. The first-order valence-corrected chi connectivity index (χ1v) is 6.27. The largest absolute Gasteiger partial charge is 0.398 e. The Hall–Kier alpha value is -1.55. The summed E-state index contributed by atoms with van der Waals surface area (Å²) in [6, 6.07) is 5.49. The van der Waals surface area contributed by atoms with Gasteiger partial charge in [0.1, 0.15) is 0 Å². The van der Waals surface area contributed by atoms with Crippen LogP contribution in [0, 0.1) is 12.8 Å². The summed E-state index contributed by atoms with van der Waals surface area (Å²) in [6.45, 7) is 2.63. The summed E-state index contributed by atoms with van der Waals surface area (Å²) in [6.07, 6.45) is 1.41. The van der Waals surface area contributed by atoms with E-state index < -0.39 is 0 Å². The van der Waals surface area contributed by atoms with Gasteiger partial charge in [-0.05, 0) is 37.8 Å². The summed E-state index contributed by atoms with van der Waals surface area (Å²) in [5, 5.41) is 9.24. The number of amides is 1. The molecule has 0 saturated heterocycles. The average molecular weight is 248 g/mol. The zero-order valence-electron chi connectivity index (χ0n) is 10.9. The summed E-state index contributed by atoms with van der Waals surface area (Å²) >= 11 is 0. The van der Waals surface area contributed by atoms with E-state index in [2.05, 4.69) is 0 Å². The van der Waals surface area contributed by atoms with Crippen molar-refractivity contribution in [2.75, 3.05) is 19.3 Å². The first-order chi connectivity index (χ1) is 8.47. The first kappa shape index (κ1) is 12.9. The Kier molecular flexibility index (Phi) is 3.57. The van der Waals surface area contributed by atoms with Crippen molar-refractivity contribution in [3.63, 3.8) is 0 Å². The summed E-state index contributed by atoms with van der Waals surface area (Å²) in [4.78, 5) is 14.0. The van der Waals surface area contributed by atoms with Crippen molar-refractivity contribution in [2.24, 2.45) is 5.92 Å². The zero-order chi connectivity index (χ0) is 13.3. The molecule has 0 aliphatic heterocycles. The van der Waals surface area contributed by atoms with E-state index in [1.165, 1.54) is 0 Å². The van der Waals surface area contributed by atoms with Gasteiger partial charge in [0.05, 0.1) is 11.7 Å². The summed E-state index contributed by atoms with van der Waals surface area (Å²) < 4.78 is 0. The van der Waals surface area contributed by atoms with Crippen molar-refractivity contribution in [1.82, 2.24) is 4.90 Å². The molecule has 0 radical (unpaired) electrons. The van der Waals surface area contributed by atoms with Crippen LogP contribution in [0.25, 0.3) is 0 Å². The molecule has 1 aliphatic carbocycles. The number of aliphatic hydroxyl groups is 1. The smallest absolute Gasteiger partial charge is 0.255 e. The van der Waals surface area contributed by atoms with Crippen LogP contribution >= 0.6 is 0 Å². The molecule has 0 atom stereocenters. The van der Waals surface area contributed by atoms with Gasteiger partial charge in [-0.2, -0.15) is 0 Å². The standard InChI is InChI=1S/C14H20N2O2/c1-9-3-4-13(15)12(5-9)14(18)16(2)8-10-6-11(17)7-10/h3-5,10-11,17H,6-8,15H2,1-2H3. The van der Waals surface area contributed by atoms with Crippen molar-refractivity contribution in [3.8, 4) is 0 Å². The number of hydrogen-bond acceptors (Lipinski definition) is 3. The Morgan fingerprint density at radius 3 is 2.78 bits per heavy atom. The van der Waals surface area contributed by atoms with Gasteiger partial charge in [0, 0.05) is 19.3 Å². The van der Waals surface area contributed by atoms with Crippen LogP contribution in [0.1, 0.15) is 28.8 Å². The van der Waals surface area contributed by atoms with Gasteiger partial charge in [0.15, 0.2) is 0 Å². The second kappa shape index (κ2) is 4.98. The predicted octanol–water partition coefficient (Wildman–Crippen LogP) is 1.42. The van der Waals surface area contributed by atoms with Crippen LogP contribution in [0.15, 0.2) is 18.2 Å². The summed E-state index contributed by atoms with van der Waals surface area (Å²) in [5.41, 5.74) is 7.95. The van der Waals surface area contributed by atoms with E-state index in [-0.39, 0.29) is 12.0 Å². The molecule has 0 unspecified atom stereocenters. The number of anilines is 1. The molecule has 0 bridgehead atoms. The van der Waals surface area contributed by atoms with Gasteiger partial charge in [0.2, 0.25) is 0 Å². The van der Waals surface area contributed by atoms with E-state index >= 15 is 0 Å². The van der Waals surface area contributed by atoms with Gasteiger partial charge < -0.3 is 15.7 Å². The van der Waals surface area contributed by atoms with Crippen LogP contribution in [0.2, 0.25) is 0 Å². The van der Waals surface area contributed by atoms with Crippen molar-refractivity contribution in [2.45, 2.75) is 25.9 Å². The Balaban J connectivity index is 2.03. The van der Waals surface area contributed by atoms with Crippen molar-refractivity contribution >= 4 is 11.6 Å². The molecule has 1 aromatic rings. The normalized spacial score (nSPS) is 22.4. The maximum Gasteiger partial charge on any atom is 0.255 e. The Labute approximate surface area is 107 Å². The number of nitrogens with two attached hydrogens (primary N) is 1. The molecule has 4 nitrogen and oxygen atoms in total. The molecule has 1 saturated carbocycles. The first-order valence-electron chi connectivity index (χ1n) is 6.27. The molecule has 0 aromatic heterocycles. The molecule has 18 heavy (non-hydrogen) atoms. The lowest BCUT2D eigenvalue weighted by Crippen LogP contribution is -2.39. The highest BCUT2D eigenvalue weighted by Crippen LogP contribution is 2.28. The third-order valence-corrected chi connectivity index (χ3v) is 3.53. The van der Waals surface area contributed by atoms with Gasteiger partial charge >= 0.3 is 0 Å². The van der Waals surface area contributed by atoms with E-state index in [0.717, 1.165) is 18.4 Å². The topological polar surface area (TPSA) is 66.6 Å². The quantitative estimate of drug-likeness (QED) is 0.795. The van der Waals surface area contributed by atoms with Crippen LogP contribution in [0.3, 0.4) is 0 Å². The van der Waals surface area contributed by atoms with Gasteiger partial charge in [-0.15, -0.1) is 0 Å². The summed E-state index contributed by atoms with van der Waals surface area (Å²) in [5.74, 6) is 0.373. The highest BCUT2D eigenvalue weighted by atomic mass is 16.3. The lowest BCUT2D eigenvalue weighted by atomic mass is 9.82. The fraction of sp³-hybridized carbons (Fsp3) is 0.500. The third-order valence-electron chi connectivity index (χ3n) is 3.53. The maximum atomic E-state index is 12.3. The fourth-order valence-corrected chi connectivity index (χ4v) is 2.38. The molecule has 3 N–H and O–H groups in total. The monoisotopic (exact) mass is 248 g/mol. The van der Waals surface area contributed by atoms with Gasteiger partial charge in [0.25, 0.3) is 5.91 Å². The van der Waals surface area contributed by atoms with Crippen LogP contribution in [-0.4, -0.2) is 35.6 Å². The number of carbonyl (C=O) groups excluding carboxylic acids is 1. The number of benzene rings is 1. The SMILES string of the molecule is Cc1ccc(N)c(C(=O)N(C)CC2CC(O)C2)c1. The minimum atomic E-state index is -0.178. The highest BCUT2D eigenvalue weighted by Gasteiger charge is 2.29. The molecular formula is C14H20N2O2. The van der Waals surface area contributed by atoms with Crippen LogP contribution in [-0.2, 0) is 0 Å². The Bertz CT molecular complexity index is 453. The van der Waals surface area contributed by atoms with Crippen molar-refractivity contribution in [3.05, 3.63) is 29.3 Å². The second-order valence-electron chi connectivity index (χ2n) is 5.27. The van der Waals surface area contributed by atoms with Gasteiger partial charge in [-0.25, -0.2) is 0 Å². The highest BCUT2D eigenvalue weighted by molar-refractivity contribution is 5.99. The van der Waals surface area contributed by atoms with E-state index in [0.29, 0.717) is 23.7 Å². The molecule has 0 spiro atoms. The number of aryl methyl sites for hydroxylation is 1. The van der Waals surface area contributed by atoms with Crippen molar-refractivity contribution < 1.29 is 9.90 Å². The van der Waals surface area contributed by atoms with Crippen LogP contribution in [0.4, 0.5) is 5.69 Å². The fourth-order valence-electron chi connectivity index (χ4n) is 2.38. The molecule has 0 heterocycles. The zero-order valence-corrected chi connectivity index (χ0v) is 10.9. The second-order valence-corrected chi connectivity index (χ2v) is 5.27. The van der Waals surface area contributed by atoms with Crippen molar-refractivity contribution in [1.29, 1.82) is 0 Å². The number of nitrogen functional groups attached to an aromatic ring is 1. The Morgan fingerprint density at radius 2 is 2.17 bits per heavy atom. The van der Waals surface area contributed by atoms with Crippen LogP contribution < -0.4 is 5.73 Å². The van der Waals surface area contributed by atoms with E-state index in [4.69, 9.17) is 5.73 Å². The minimum Gasteiger partial charge on any atom is -0.398 e. The molecule has 1 aliphatic rings. The summed E-state index contributed by atoms with van der Waals surface area (Å²) in [7, 11) is 1.79. The average Bonchev–Trinajstić information content (AvgIpc) is 2.29. The van der Waals surface area contributed by atoms with Crippen LogP contribution in [0.5, 0.6) is 0 Å². The van der Waals surface area contributed by atoms with Gasteiger partial charge in [-0.1, -0.05) is 11.6 Å². The van der Waals surface area contributed by atoms with E-state index in [1.54, 1.807) is 18.0 Å². The number of nitrogens with zero attached hydrogens (tertiary/aromatic N) is 1. The number of carbonyl (C=O) groups is 1. The molecule has 2 rings (SSSR count). The van der Waals surface area contributed by atoms with E-state index in [9.17, 15) is 9.90 Å². The molecule has 98 valence electrons. The third kappa shape index (κ3) is 2.64. The van der Waals surface area contributed by atoms with E-state index in [1.807, 2.05) is 19.1 Å². The lowest BCUT2D eigenvalue weighted by molar-refractivity contribution is 0.0265. The maximum absolute atomic E-state index is 12.3. The molecule has 4 heteroatoms. The minimum absolute atomic E-state index is 0.0439. The predicted molar refractivity (Wildman–Crippen MR) is 71.3 cm³/mol.